The highest BCUT2D eigenvalue weighted by atomic mass is 31.2. The molecule has 0 aromatic rings. The highest BCUT2D eigenvalue weighted by Crippen LogP contribution is 2.38. The van der Waals surface area contributed by atoms with Crippen LogP contribution in [0.3, 0.4) is 0 Å². The smallest absolute Gasteiger partial charge is 0.306 e. The summed E-state index contributed by atoms with van der Waals surface area (Å²) < 4.78 is 33.9. The van der Waals surface area contributed by atoms with Crippen LogP contribution in [0.5, 0.6) is 0 Å². The number of carbonyl (C=O) groups excluding carboxylic acids is 3. The molecule has 1 unspecified atom stereocenters. The number of ether oxygens (including phenoxy) is 2. The van der Waals surface area contributed by atoms with E-state index in [4.69, 9.17) is 18.5 Å². The van der Waals surface area contributed by atoms with Gasteiger partial charge < -0.3 is 27.9 Å². The number of ketones is 1. The molecule has 0 bridgehead atoms. The van der Waals surface area contributed by atoms with Crippen LogP contribution in [0.2, 0.25) is 0 Å². The van der Waals surface area contributed by atoms with Gasteiger partial charge >= 0.3 is 11.9 Å². The topological polar surface area (TPSA) is 128 Å². The Balaban J connectivity index is 4.34. The minimum absolute atomic E-state index is 0.0483. The second kappa shape index (κ2) is 40.2. The van der Waals surface area contributed by atoms with E-state index in [1.807, 2.05) is 33.3 Å². The van der Waals surface area contributed by atoms with Crippen LogP contribution in [0, 0.1) is 0 Å². The standard InChI is InChI=1S/C48H90NO9P/c1-6-8-10-12-14-15-16-17-18-19-20-21-22-23-24-25-27-31-36-40-48(52)58-46(44-57-59(53,54)56-42-41-49(3,4)5)43-55-47(51)39-35-32-28-30-34-38-45(50)37-33-29-26-13-11-9-7-2/h26,29,33,37,46H,6-25,27-28,30-32,34-36,38-44H2,1-5H3/b29-26-,37-33+/t46-/m1/s1. The van der Waals surface area contributed by atoms with Crippen molar-refractivity contribution < 1.29 is 46.8 Å². The number of phosphoric acid groups is 1. The Labute approximate surface area is 362 Å². The first-order chi connectivity index (χ1) is 28.4. The summed E-state index contributed by atoms with van der Waals surface area (Å²) in [4.78, 5) is 49.7. The van der Waals surface area contributed by atoms with Gasteiger partial charge in [0.2, 0.25) is 0 Å². The summed E-state index contributed by atoms with van der Waals surface area (Å²) in [7, 11) is 1.11. The molecule has 2 atom stereocenters. The van der Waals surface area contributed by atoms with Crippen molar-refractivity contribution in [3.05, 3.63) is 24.3 Å². The van der Waals surface area contributed by atoms with Gasteiger partial charge in [0.15, 0.2) is 11.9 Å². The van der Waals surface area contributed by atoms with Crippen LogP contribution >= 0.6 is 7.82 Å². The van der Waals surface area contributed by atoms with Crippen molar-refractivity contribution in [1.82, 2.24) is 0 Å². The molecule has 0 aliphatic carbocycles. The third kappa shape index (κ3) is 44.0. The first kappa shape index (κ1) is 57.2. The molecule has 0 spiro atoms. The molecule has 0 radical (unpaired) electrons. The Morgan fingerprint density at radius 1 is 0.559 bits per heavy atom. The number of phosphoric ester groups is 1. The molecule has 11 heteroatoms. The minimum Gasteiger partial charge on any atom is -0.756 e. The first-order valence-electron chi connectivity index (χ1n) is 24.0. The molecular formula is C48H90NO9P. The summed E-state index contributed by atoms with van der Waals surface area (Å²) in [5, 5.41) is 0. The molecular weight excluding hydrogens is 765 g/mol. The van der Waals surface area contributed by atoms with Gasteiger partial charge in [0.05, 0.1) is 27.7 Å². The van der Waals surface area contributed by atoms with Crippen molar-refractivity contribution >= 4 is 25.5 Å². The molecule has 59 heavy (non-hydrogen) atoms. The van der Waals surface area contributed by atoms with E-state index in [0.717, 1.165) is 51.4 Å². The van der Waals surface area contributed by atoms with Gasteiger partial charge in [-0.25, -0.2) is 0 Å². The lowest BCUT2D eigenvalue weighted by Crippen LogP contribution is -2.37. The molecule has 0 aliphatic rings. The van der Waals surface area contributed by atoms with Crippen molar-refractivity contribution in [2.24, 2.45) is 0 Å². The van der Waals surface area contributed by atoms with E-state index in [2.05, 4.69) is 19.9 Å². The van der Waals surface area contributed by atoms with E-state index < -0.39 is 32.5 Å². The summed E-state index contributed by atoms with van der Waals surface area (Å²) in [5.74, 6) is -0.792. The average molecular weight is 856 g/mol. The third-order valence-corrected chi connectivity index (χ3v) is 11.4. The number of allylic oxidation sites excluding steroid dienone is 4. The summed E-state index contributed by atoms with van der Waals surface area (Å²) in [6, 6.07) is 0. The molecule has 0 aromatic carbocycles. The lowest BCUT2D eigenvalue weighted by atomic mass is 10.0. The van der Waals surface area contributed by atoms with Crippen LogP contribution in [0.15, 0.2) is 24.3 Å². The Morgan fingerprint density at radius 3 is 1.49 bits per heavy atom. The van der Waals surface area contributed by atoms with Crippen molar-refractivity contribution in [3.63, 3.8) is 0 Å². The fraction of sp³-hybridized carbons (Fsp3) is 0.854. The predicted octanol–water partition coefficient (Wildman–Crippen LogP) is 12.5. The van der Waals surface area contributed by atoms with Gasteiger partial charge in [0.1, 0.15) is 19.8 Å². The van der Waals surface area contributed by atoms with E-state index in [1.54, 1.807) is 6.08 Å². The van der Waals surface area contributed by atoms with Crippen LogP contribution in [0.1, 0.15) is 213 Å². The molecule has 0 aliphatic heterocycles. The molecule has 0 N–H and O–H groups in total. The number of rotatable bonds is 44. The van der Waals surface area contributed by atoms with Crippen LogP contribution in [0.4, 0.5) is 0 Å². The van der Waals surface area contributed by atoms with Crippen molar-refractivity contribution in [1.29, 1.82) is 0 Å². The lowest BCUT2D eigenvalue weighted by molar-refractivity contribution is -0.870. The van der Waals surface area contributed by atoms with Gasteiger partial charge in [-0.3, -0.25) is 18.9 Å². The molecule has 346 valence electrons. The van der Waals surface area contributed by atoms with Gasteiger partial charge in [-0.05, 0) is 38.2 Å². The van der Waals surface area contributed by atoms with Gasteiger partial charge in [-0.2, -0.15) is 0 Å². The Bertz CT molecular complexity index is 1120. The number of esters is 2. The normalized spacial score (nSPS) is 13.6. The molecule has 0 rings (SSSR count). The van der Waals surface area contributed by atoms with Gasteiger partial charge in [0, 0.05) is 19.3 Å². The number of unbranched alkanes of at least 4 members (excludes halogenated alkanes) is 25. The summed E-state index contributed by atoms with van der Waals surface area (Å²) in [5.41, 5.74) is 0. The zero-order chi connectivity index (χ0) is 43.7. The maximum absolute atomic E-state index is 12.7. The number of hydrogen-bond donors (Lipinski definition) is 0. The Kier molecular flexibility index (Phi) is 39.0. The molecule has 0 saturated carbocycles. The number of nitrogens with zero attached hydrogens (tertiary/aromatic N) is 1. The summed E-state index contributed by atoms with van der Waals surface area (Å²) in [6.07, 6.45) is 40.2. The van der Waals surface area contributed by atoms with Crippen LogP contribution in [-0.4, -0.2) is 75.8 Å². The number of carbonyl (C=O) groups is 3. The molecule has 0 saturated heterocycles. The van der Waals surface area contributed by atoms with E-state index in [0.29, 0.717) is 30.3 Å². The number of hydrogen-bond acceptors (Lipinski definition) is 9. The average Bonchev–Trinajstić information content (AvgIpc) is 3.18. The van der Waals surface area contributed by atoms with Gasteiger partial charge in [-0.15, -0.1) is 0 Å². The molecule has 0 fully saturated rings. The number of quaternary nitrogens is 1. The third-order valence-electron chi connectivity index (χ3n) is 10.5. The van der Waals surface area contributed by atoms with Crippen LogP contribution in [-0.2, 0) is 37.5 Å². The monoisotopic (exact) mass is 856 g/mol. The maximum Gasteiger partial charge on any atom is 0.306 e. The van der Waals surface area contributed by atoms with Crippen LogP contribution in [0.25, 0.3) is 0 Å². The van der Waals surface area contributed by atoms with E-state index in [1.165, 1.54) is 116 Å². The molecule has 0 amide bonds. The Hall–Kier alpha value is -1.84. The van der Waals surface area contributed by atoms with Gasteiger partial charge in [-0.1, -0.05) is 180 Å². The zero-order valence-corrected chi connectivity index (χ0v) is 39.6. The molecule has 0 aromatic heterocycles. The largest absolute Gasteiger partial charge is 0.756 e. The summed E-state index contributed by atoms with van der Waals surface area (Å²) in [6.45, 7) is 4.07. The minimum atomic E-state index is -4.65. The maximum atomic E-state index is 12.7. The fourth-order valence-corrected chi connectivity index (χ4v) is 7.37. The zero-order valence-electron chi connectivity index (χ0n) is 38.7. The Morgan fingerprint density at radius 2 is 1.00 bits per heavy atom. The first-order valence-corrected chi connectivity index (χ1v) is 25.5. The predicted molar refractivity (Wildman–Crippen MR) is 241 cm³/mol. The highest BCUT2D eigenvalue weighted by Gasteiger charge is 2.21. The van der Waals surface area contributed by atoms with Gasteiger partial charge in [0.25, 0.3) is 7.82 Å². The van der Waals surface area contributed by atoms with E-state index >= 15 is 0 Å². The summed E-state index contributed by atoms with van der Waals surface area (Å²) >= 11 is 0. The fourth-order valence-electron chi connectivity index (χ4n) is 6.64. The van der Waals surface area contributed by atoms with E-state index in [-0.39, 0.29) is 31.8 Å². The quantitative estimate of drug-likeness (QED) is 0.0147. The van der Waals surface area contributed by atoms with Crippen molar-refractivity contribution in [2.45, 2.75) is 219 Å². The molecule has 10 nitrogen and oxygen atoms in total. The molecule has 0 heterocycles. The SMILES string of the molecule is CCCCC/C=C\C=C\C(=O)CCCCCCCC(=O)OC[C@H](COP(=O)([O-])OCC[N+](C)(C)C)OC(=O)CCCCCCCCCCCCCCCCCCCCC. The second-order valence-corrected chi connectivity index (χ2v) is 18.9. The lowest BCUT2D eigenvalue weighted by Gasteiger charge is -2.28. The van der Waals surface area contributed by atoms with Crippen molar-refractivity contribution in [3.8, 4) is 0 Å². The number of likely N-dealkylation sites (N-methyl/N-ethyl adjacent to an activating group) is 1. The second-order valence-electron chi connectivity index (χ2n) is 17.5. The van der Waals surface area contributed by atoms with Crippen molar-refractivity contribution in [2.75, 3.05) is 47.5 Å². The highest BCUT2D eigenvalue weighted by molar-refractivity contribution is 7.45. The van der Waals surface area contributed by atoms with E-state index in [9.17, 15) is 23.8 Å². The van der Waals surface area contributed by atoms with Crippen LogP contribution < -0.4 is 4.89 Å².